The predicted molar refractivity (Wildman–Crippen MR) is 56.9 cm³/mol. The average molecular weight is 244 g/mol. The van der Waals surface area contributed by atoms with E-state index in [-0.39, 0.29) is 6.10 Å². The Kier molecular flexibility index (Phi) is 3.19. The molecule has 0 radical (unpaired) electrons. The molecule has 0 saturated carbocycles. The Balaban J connectivity index is 1.80. The molecule has 1 aliphatic heterocycles. The highest BCUT2D eigenvalue weighted by molar-refractivity contribution is 9.11. The molecule has 1 N–H and O–H groups in total. The van der Waals surface area contributed by atoms with Gasteiger partial charge in [0.1, 0.15) is 0 Å². The van der Waals surface area contributed by atoms with Crippen molar-refractivity contribution in [3.05, 3.63) is 22.7 Å². The third-order valence-electron chi connectivity index (χ3n) is 2.40. The molecule has 1 aliphatic carbocycles. The maximum atomic E-state index is 5.89. The van der Waals surface area contributed by atoms with Crippen LogP contribution in [0, 0.1) is 0 Å². The van der Waals surface area contributed by atoms with Gasteiger partial charge in [0.05, 0.1) is 12.2 Å². The lowest BCUT2D eigenvalue weighted by atomic mass is 10.1. The lowest BCUT2D eigenvalue weighted by molar-refractivity contribution is 0.0267. The topological polar surface area (TPSA) is 21.3 Å². The molecule has 72 valence electrons. The fraction of sp³-hybridized carbons (Fsp3) is 0.600. The van der Waals surface area contributed by atoms with E-state index in [4.69, 9.17) is 4.74 Å². The van der Waals surface area contributed by atoms with Crippen molar-refractivity contribution in [3.63, 3.8) is 0 Å². The van der Waals surface area contributed by atoms with Gasteiger partial charge < -0.3 is 10.1 Å². The zero-order valence-corrected chi connectivity index (χ0v) is 9.09. The van der Waals surface area contributed by atoms with E-state index in [0.29, 0.717) is 6.10 Å². The van der Waals surface area contributed by atoms with E-state index in [0.717, 1.165) is 30.4 Å². The number of hydrogen-bond donors (Lipinski definition) is 1. The minimum absolute atomic E-state index is 0.284. The Bertz CT molecular complexity index is 231. The molecule has 0 aromatic carbocycles. The van der Waals surface area contributed by atoms with Gasteiger partial charge in [0.25, 0.3) is 0 Å². The molecule has 2 nitrogen and oxygen atoms in total. The second kappa shape index (κ2) is 4.40. The van der Waals surface area contributed by atoms with Crippen molar-refractivity contribution in [1.82, 2.24) is 5.32 Å². The van der Waals surface area contributed by atoms with Crippen molar-refractivity contribution in [2.45, 2.75) is 25.0 Å². The van der Waals surface area contributed by atoms with E-state index in [2.05, 4.69) is 39.5 Å². The van der Waals surface area contributed by atoms with Gasteiger partial charge in [0.2, 0.25) is 0 Å². The summed E-state index contributed by atoms with van der Waals surface area (Å²) in [4.78, 5) is 0. The minimum atomic E-state index is 0.284. The lowest BCUT2D eigenvalue weighted by Gasteiger charge is -2.19. The van der Waals surface area contributed by atoms with E-state index in [1.807, 2.05) is 0 Å². The SMILES string of the molecule is BrC1=CCC(OC2CCNC2)C=C1. The largest absolute Gasteiger partial charge is 0.369 e. The predicted octanol–water partition coefficient (Wildman–Crippen LogP) is 1.97. The molecule has 0 aromatic rings. The highest BCUT2D eigenvalue weighted by Crippen LogP contribution is 2.19. The van der Waals surface area contributed by atoms with Crippen molar-refractivity contribution in [2.75, 3.05) is 13.1 Å². The summed E-state index contributed by atoms with van der Waals surface area (Å²) in [6, 6.07) is 0. The monoisotopic (exact) mass is 243 g/mol. The van der Waals surface area contributed by atoms with Crippen molar-refractivity contribution >= 4 is 15.9 Å². The molecule has 2 rings (SSSR count). The van der Waals surface area contributed by atoms with Gasteiger partial charge in [0.15, 0.2) is 0 Å². The third kappa shape index (κ3) is 2.66. The molecule has 2 aliphatic rings. The molecule has 13 heavy (non-hydrogen) atoms. The smallest absolute Gasteiger partial charge is 0.0798 e. The fourth-order valence-electron chi connectivity index (χ4n) is 1.67. The van der Waals surface area contributed by atoms with Gasteiger partial charge in [0, 0.05) is 11.0 Å². The molecule has 0 spiro atoms. The van der Waals surface area contributed by atoms with Gasteiger partial charge in [-0.3, -0.25) is 0 Å². The maximum absolute atomic E-state index is 5.89. The van der Waals surface area contributed by atoms with E-state index >= 15 is 0 Å². The van der Waals surface area contributed by atoms with Crippen molar-refractivity contribution < 1.29 is 4.74 Å². The van der Waals surface area contributed by atoms with Crippen molar-refractivity contribution in [2.24, 2.45) is 0 Å². The summed E-state index contributed by atoms with van der Waals surface area (Å²) in [5.74, 6) is 0. The van der Waals surface area contributed by atoms with E-state index in [9.17, 15) is 0 Å². The summed E-state index contributed by atoms with van der Waals surface area (Å²) >= 11 is 3.43. The molecular weight excluding hydrogens is 230 g/mol. The molecule has 0 bridgehead atoms. The van der Waals surface area contributed by atoms with Crippen LogP contribution < -0.4 is 5.32 Å². The first-order valence-electron chi connectivity index (χ1n) is 4.74. The number of hydrogen-bond acceptors (Lipinski definition) is 2. The van der Waals surface area contributed by atoms with Gasteiger partial charge in [-0.05, 0) is 25.5 Å². The zero-order valence-electron chi connectivity index (χ0n) is 7.50. The second-order valence-corrected chi connectivity index (χ2v) is 4.39. The Hall–Kier alpha value is -0.120. The number of allylic oxidation sites excluding steroid dienone is 2. The summed E-state index contributed by atoms with van der Waals surface area (Å²) in [7, 11) is 0. The first-order chi connectivity index (χ1) is 6.34. The van der Waals surface area contributed by atoms with Crippen LogP contribution in [-0.4, -0.2) is 25.3 Å². The highest BCUT2D eigenvalue weighted by Gasteiger charge is 2.18. The molecule has 1 heterocycles. The highest BCUT2D eigenvalue weighted by atomic mass is 79.9. The average Bonchev–Trinajstić information content (AvgIpc) is 2.62. The first-order valence-corrected chi connectivity index (χ1v) is 5.54. The fourth-order valence-corrected chi connectivity index (χ4v) is 2.01. The molecule has 1 fully saturated rings. The number of nitrogens with one attached hydrogen (secondary N) is 1. The van der Waals surface area contributed by atoms with Crippen LogP contribution in [0.25, 0.3) is 0 Å². The Morgan fingerprint density at radius 3 is 3.08 bits per heavy atom. The van der Waals surface area contributed by atoms with Crippen LogP contribution in [-0.2, 0) is 4.74 Å². The van der Waals surface area contributed by atoms with Crippen molar-refractivity contribution in [3.8, 4) is 0 Å². The van der Waals surface area contributed by atoms with E-state index < -0.39 is 0 Å². The van der Waals surface area contributed by atoms with Gasteiger partial charge in [-0.2, -0.15) is 0 Å². The third-order valence-corrected chi connectivity index (χ3v) is 2.99. The van der Waals surface area contributed by atoms with Gasteiger partial charge in [-0.25, -0.2) is 0 Å². The van der Waals surface area contributed by atoms with Crippen LogP contribution in [0.2, 0.25) is 0 Å². The molecule has 0 amide bonds. The van der Waals surface area contributed by atoms with Gasteiger partial charge in [-0.1, -0.05) is 28.1 Å². The summed E-state index contributed by atoms with van der Waals surface area (Å²) < 4.78 is 7.05. The Labute approximate surface area is 87.2 Å². The Morgan fingerprint density at radius 1 is 1.54 bits per heavy atom. The van der Waals surface area contributed by atoms with Crippen LogP contribution in [0.1, 0.15) is 12.8 Å². The summed E-state index contributed by atoms with van der Waals surface area (Å²) in [5.41, 5.74) is 0. The molecular formula is C10H14BrNO. The van der Waals surface area contributed by atoms with Gasteiger partial charge >= 0.3 is 0 Å². The van der Waals surface area contributed by atoms with Crippen molar-refractivity contribution in [1.29, 1.82) is 0 Å². The molecule has 3 heteroatoms. The quantitative estimate of drug-likeness (QED) is 0.801. The Morgan fingerprint density at radius 2 is 2.46 bits per heavy atom. The zero-order chi connectivity index (χ0) is 9.10. The molecule has 2 atom stereocenters. The molecule has 1 saturated heterocycles. The minimum Gasteiger partial charge on any atom is -0.369 e. The van der Waals surface area contributed by atoms with Crippen LogP contribution >= 0.6 is 15.9 Å². The van der Waals surface area contributed by atoms with E-state index in [1.165, 1.54) is 0 Å². The second-order valence-electron chi connectivity index (χ2n) is 3.47. The first kappa shape index (κ1) is 9.44. The summed E-state index contributed by atoms with van der Waals surface area (Å²) in [5, 5.41) is 3.30. The number of ether oxygens (including phenoxy) is 1. The van der Waals surface area contributed by atoms with Crippen LogP contribution in [0.5, 0.6) is 0 Å². The molecule has 2 unspecified atom stereocenters. The summed E-state index contributed by atoms with van der Waals surface area (Å²) in [6.07, 6.45) is 9.19. The number of halogens is 1. The van der Waals surface area contributed by atoms with Gasteiger partial charge in [-0.15, -0.1) is 0 Å². The molecule has 0 aromatic heterocycles. The van der Waals surface area contributed by atoms with Crippen LogP contribution in [0.3, 0.4) is 0 Å². The standard InChI is InChI=1S/C10H14BrNO/c11-8-1-3-9(4-2-8)13-10-5-6-12-7-10/h1-3,9-10,12H,4-7H2. The summed E-state index contributed by atoms with van der Waals surface area (Å²) in [6.45, 7) is 2.11. The maximum Gasteiger partial charge on any atom is 0.0798 e. The normalized spacial score (nSPS) is 33.5. The lowest BCUT2D eigenvalue weighted by Crippen LogP contribution is -2.23. The van der Waals surface area contributed by atoms with E-state index in [1.54, 1.807) is 0 Å². The number of rotatable bonds is 2. The van der Waals surface area contributed by atoms with Crippen LogP contribution in [0.4, 0.5) is 0 Å². The van der Waals surface area contributed by atoms with Crippen LogP contribution in [0.15, 0.2) is 22.7 Å².